The molecule has 0 heterocycles. The Labute approximate surface area is 111 Å². The molecule has 3 N–H and O–H groups in total. The summed E-state index contributed by atoms with van der Waals surface area (Å²) in [7, 11) is 0. The van der Waals surface area contributed by atoms with E-state index in [-0.39, 0.29) is 11.4 Å². The van der Waals surface area contributed by atoms with Crippen molar-refractivity contribution in [3.05, 3.63) is 0 Å². The monoisotopic (exact) mass is 252 g/mol. The molecule has 3 heteroatoms. The van der Waals surface area contributed by atoms with E-state index in [2.05, 4.69) is 26.1 Å². The fourth-order valence-electron chi connectivity index (χ4n) is 3.67. The molecule has 18 heavy (non-hydrogen) atoms. The molecule has 2 fully saturated rings. The van der Waals surface area contributed by atoms with Gasteiger partial charge < -0.3 is 11.1 Å². The molecule has 0 aromatic rings. The number of hydrogen-bond donors (Lipinski definition) is 2. The maximum Gasteiger partial charge on any atom is 0.220 e. The standard InChI is InChI=1S/C15H28N2O/c1-10(2)15(3,9-16)17-14(18)8-13-7-11-4-5-12(13)6-11/h10-13H,4-9,16H2,1-3H3,(H,17,18). The van der Waals surface area contributed by atoms with Crippen molar-refractivity contribution in [1.29, 1.82) is 0 Å². The van der Waals surface area contributed by atoms with Gasteiger partial charge in [0.2, 0.25) is 5.91 Å². The summed E-state index contributed by atoms with van der Waals surface area (Å²) in [5, 5.41) is 3.16. The molecule has 3 nitrogen and oxygen atoms in total. The molecule has 1 amide bonds. The van der Waals surface area contributed by atoms with E-state index >= 15 is 0 Å². The Balaban J connectivity index is 1.85. The second kappa shape index (κ2) is 5.20. The van der Waals surface area contributed by atoms with Crippen molar-refractivity contribution in [2.75, 3.05) is 6.54 Å². The summed E-state index contributed by atoms with van der Waals surface area (Å²) in [4.78, 5) is 12.2. The van der Waals surface area contributed by atoms with Crippen molar-refractivity contribution < 1.29 is 4.79 Å². The molecule has 2 rings (SSSR count). The fourth-order valence-corrected chi connectivity index (χ4v) is 3.67. The Morgan fingerprint density at radius 1 is 1.39 bits per heavy atom. The Kier molecular flexibility index (Phi) is 4.00. The van der Waals surface area contributed by atoms with Crippen LogP contribution >= 0.6 is 0 Å². The second-order valence-corrected chi connectivity index (χ2v) is 6.96. The minimum atomic E-state index is -0.255. The molecule has 0 saturated heterocycles. The topological polar surface area (TPSA) is 55.1 Å². The van der Waals surface area contributed by atoms with Gasteiger partial charge in [0.25, 0.3) is 0 Å². The predicted octanol–water partition coefficient (Wildman–Crippen LogP) is 2.30. The molecule has 2 aliphatic rings. The van der Waals surface area contributed by atoms with Crippen LogP contribution in [0.15, 0.2) is 0 Å². The van der Waals surface area contributed by atoms with E-state index in [9.17, 15) is 4.79 Å². The largest absolute Gasteiger partial charge is 0.349 e. The summed E-state index contributed by atoms with van der Waals surface area (Å²) >= 11 is 0. The van der Waals surface area contributed by atoms with Crippen LogP contribution in [0.2, 0.25) is 0 Å². The maximum absolute atomic E-state index is 12.2. The van der Waals surface area contributed by atoms with E-state index in [0.717, 1.165) is 11.8 Å². The van der Waals surface area contributed by atoms with Gasteiger partial charge in [-0.3, -0.25) is 4.79 Å². The first-order valence-corrected chi connectivity index (χ1v) is 7.45. The van der Waals surface area contributed by atoms with Crippen molar-refractivity contribution in [2.24, 2.45) is 29.4 Å². The molecule has 2 saturated carbocycles. The summed E-state index contributed by atoms with van der Waals surface area (Å²) in [6.07, 6.45) is 6.11. The van der Waals surface area contributed by atoms with Crippen LogP contribution in [0.4, 0.5) is 0 Å². The molecule has 104 valence electrons. The smallest absolute Gasteiger partial charge is 0.220 e. The molecule has 0 spiro atoms. The summed E-state index contributed by atoms with van der Waals surface area (Å²) in [5.74, 6) is 2.95. The van der Waals surface area contributed by atoms with E-state index in [1.54, 1.807) is 0 Å². The van der Waals surface area contributed by atoms with Crippen LogP contribution in [-0.4, -0.2) is 18.0 Å². The van der Waals surface area contributed by atoms with E-state index in [1.165, 1.54) is 25.7 Å². The molecule has 0 aliphatic heterocycles. The highest BCUT2D eigenvalue weighted by Crippen LogP contribution is 2.49. The van der Waals surface area contributed by atoms with E-state index in [4.69, 9.17) is 5.73 Å². The molecule has 4 atom stereocenters. The normalized spacial score (nSPS) is 33.7. The Morgan fingerprint density at radius 2 is 2.11 bits per heavy atom. The zero-order valence-electron chi connectivity index (χ0n) is 12.0. The van der Waals surface area contributed by atoms with Gasteiger partial charge in [-0.25, -0.2) is 0 Å². The average Bonchev–Trinajstić information content (AvgIpc) is 2.90. The molecule has 4 unspecified atom stereocenters. The first-order valence-electron chi connectivity index (χ1n) is 7.45. The highest BCUT2D eigenvalue weighted by Gasteiger charge is 2.40. The average molecular weight is 252 g/mol. The van der Waals surface area contributed by atoms with Gasteiger partial charge in [-0.05, 0) is 49.9 Å². The SMILES string of the molecule is CC(C)C(C)(CN)NC(=O)CC1CC2CCC1C2. The lowest BCUT2D eigenvalue weighted by molar-refractivity contribution is -0.124. The van der Waals surface area contributed by atoms with Crippen LogP contribution < -0.4 is 11.1 Å². The van der Waals surface area contributed by atoms with Crippen LogP contribution in [0.1, 0.15) is 52.9 Å². The molecular weight excluding hydrogens is 224 g/mol. The highest BCUT2D eigenvalue weighted by molar-refractivity contribution is 5.77. The number of nitrogens with one attached hydrogen (secondary N) is 1. The quantitative estimate of drug-likeness (QED) is 0.789. The van der Waals surface area contributed by atoms with Gasteiger partial charge in [0.05, 0.1) is 5.54 Å². The Morgan fingerprint density at radius 3 is 2.56 bits per heavy atom. The molecule has 0 radical (unpaired) electrons. The first kappa shape index (κ1) is 13.9. The maximum atomic E-state index is 12.2. The van der Waals surface area contributed by atoms with E-state index in [0.29, 0.717) is 24.8 Å². The van der Waals surface area contributed by atoms with Crippen LogP contribution in [-0.2, 0) is 4.79 Å². The van der Waals surface area contributed by atoms with Crippen LogP contribution in [0.3, 0.4) is 0 Å². The van der Waals surface area contributed by atoms with Crippen molar-refractivity contribution in [3.8, 4) is 0 Å². The van der Waals surface area contributed by atoms with E-state index < -0.39 is 0 Å². The second-order valence-electron chi connectivity index (χ2n) is 6.96. The first-order chi connectivity index (χ1) is 8.44. The van der Waals surface area contributed by atoms with Gasteiger partial charge in [-0.2, -0.15) is 0 Å². The van der Waals surface area contributed by atoms with Crippen molar-refractivity contribution in [1.82, 2.24) is 5.32 Å². The number of fused-ring (bicyclic) bond motifs is 2. The molecule has 0 aromatic heterocycles. The van der Waals surface area contributed by atoms with Crippen molar-refractivity contribution in [3.63, 3.8) is 0 Å². The van der Waals surface area contributed by atoms with E-state index in [1.807, 2.05) is 0 Å². The lowest BCUT2D eigenvalue weighted by Gasteiger charge is -2.34. The summed E-state index contributed by atoms with van der Waals surface area (Å²) in [5.41, 5.74) is 5.55. The number of rotatable bonds is 5. The van der Waals surface area contributed by atoms with Gasteiger partial charge in [-0.1, -0.05) is 20.3 Å². The Hall–Kier alpha value is -0.570. The highest BCUT2D eigenvalue weighted by atomic mass is 16.1. The summed E-state index contributed by atoms with van der Waals surface area (Å²) in [6, 6.07) is 0. The third-order valence-corrected chi connectivity index (χ3v) is 5.46. The molecular formula is C15H28N2O. The fraction of sp³-hybridized carbons (Fsp3) is 0.933. The van der Waals surface area contributed by atoms with Crippen molar-refractivity contribution in [2.45, 2.75) is 58.4 Å². The molecule has 2 aliphatic carbocycles. The van der Waals surface area contributed by atoms with Crippen molar-refractivity contribution >= 4 is 5.91 Å². The number of nitrogens with two attached hydrogens (primary N) is 1. The zero-order valence-corrected chi connectivity index (χ0v) is 12.0. The minimum absolute atomic E-state index is 0.203. The Bertz CT molecular complexity index is 316. The lowest BCUT2D eigenvalue weighted by Crippen LogP contribution is -2.55. The predicted molar refractivity (Wildman–Crippen MR) is 74.0 cm³/mol. The van der Waals surface area contributed by atoms with Crippen LogP contribution in [0, 0.1) is 23.7 Å². The number of amides is 1. The van der Waals surface area contributed by atoms with Gasteiger partial charge in [0, 0.05) is 13.0 Å². The summed E-state index contributed by atoms with van der Waals surface area (Å²) < 4.78 is 0. The molecule has 2 bridgehead atoms. The van der Waals surface area contributed by atoms with Gasteiger partial charge >= 0.3 is 0 Å². The number of carbonyl (C=O) groups excluding carboxylic acids is 1. The summed E-state index contributed by atoms with van der Waals surface area (Å²) in [6.45, 7) is 6.79. The van der Waals surface area contributed by atoms with Crippen LogP contribution in [0.5, 0.6) is 0 Å². The third-order valence-electron chi connectivity index (χ3n) is 5.46. The van der Waals surface area contributed by atoms with Gasteiger partial charge in [0.1, 0.15) is 0 Å². The minimum Gasteiger partial charge on any atom is -0.349 e. The lowest BCUT2D eigenvalue weighted by atomic mass is 9.84. The zero-order chi connectivity index (χ0) is 13.3. The van der Waals surface area contributed by atoms with Gasteiger partial charge in [0.15, 0.2) is 0 Å². The van der Waals surface area contributed by atoms with Crippen LogP contribution in [0.25, 0.3) is 0 Å². The molecule has 0 aromatic carbocycles. The third kappa shape index (κ3) is 2.71. The number of hydrogen-bond acceptors (Lipinski definition) is 2. The van der Waals surface area contributed by atoms with Gasteiger partial charge in [-0.15, -0.1) is 0 Å². The number of carbonyl (C=O) groups is 1.